The number of nitrogens with one attached hydrogen (secondary N) is 2. The van der Waals surface area contributed by atoms with Crippen molar-refractivity contribution < 1.29 is 9.53 Å². The smallest absolute Gasteiger partial charge is 0.236 e. The Kier molecular flexibility index (Phi) is 4.26. The lowest BCUT2D eigenvalue weighted by Gasteiger charge is -2.25. The van der Waals surface area contributed by atoms with E-state index >= 15 is 0 Å². The van der Waals surface area contributed by atoms with E-state index in [1.165, 1.54) is 11.3 Å². The molecular weight excluding hydrogens is 252 g/mol. The molecule has 1 aliphatic heterocycles. The fraction of sp³-hybridized carbons (Fsp3) is 0.727. The number of hydrogen-bond donors (Lipinski definition) is 2. The van der Waals surface area contributed by atoms with Gasteiger partial charge in [0.1, 0.15) is 5.01 Å². The molecule has 1 aromatic rings. The lowest BCUT2D eigenvalue weighted by Crippen LogP contribution is -2.41. The van der Waals surface area contributed by atoms with E-state index < -0.39 is 5.41 Å². The minimum absolute atomic E-state index is 0.0341. The van der Waals surface area contributed by atoms with E-state index in [-0.39, 0.29) is 5.91 Å². The summed E-state index contributed by atoms with van der Waals surface area (Å²) in [6.45, 7) is 3.92. The van der Waals surface area contributed by atoms with Gasteiger partial charge in [0.25, 0.3) is 0 Å². The molecule has 1 saturated heterocycles. The van der Waals surface area contributed by atoms with Gasteiger partial charge in [0.05, 0.1) is 12.0 Å². The van der Waals surface area contributed by atoms with E-state index in [2.05, 4.69) is 20.8 Å². The first-order chi connectivity index (χ1) is 8.70. The molecule has 0 aromatic carbocycles. The Morgan fingerprint density at radius 3 is 3.00 bits per heavy atom. The third-order valence-electron chi connectivity index (χ3n) is 3.14. The zero-order chi connectivity index (χ0) is 13.0. The maximum atomic E-state index is 12.3. The zero-order valence-corrected chi connectivity index (χ0v) is 11.5. The number of carbonyl (C=O) groups excluding carboxylic acids is 1. The standard InChI is InChI=1S/C11H18N4O2S/c1-3-8-14-15-10(18-8)13-9(16)11(7-17-2)4-5-12-6-11/h12H,3-7H2,1-2H3,(H,13,15,16). The van der Waals surface area contributed by atoms with Gasteiger partial charge in [-0.3, -0.25) is 10.1 Å². The monoisotopic (exact) mass is 270 g/mol. The third kappa shape index (κ3) is 2.68. The van der Waals surface area contributed by atoms with Crippen LogP contribution in [0, 0.1) is 5.41 Å². The van der Waals surface area contributed by atoms with Crippen LogP contribution in [0.25, 0.3) is 0 Å². The second kappa shape index (κ2) is 5.73. The van der Waals surface area contributed by atoms with Crippen molar-refractivity contribution in [2.45, 2.75) is 19.8 Å². The lowest BCUT2D eigenvalue weighted by molar-refractivity contribution is -0.127. The van der Waals surface area contributed by atoms with E-state index in [0.29, 0.717) is 18.3 Å². The molecule has 2 rings (SSSR count). The Morgan fingerprint density at radius 1 is 1.61 bits per heavy atom. The number of rotatable bonds is 5. The summed E-state index contributed by atoms with van der Waals surface area (Å²) in [7, 11) is 1.62. The van der Waals surface area contributed by atoms with Gasteiger partial charge in [-0.15, -0.1) is 10.2 Å². The van der Waals surface area contributed by atoms with E-state index in [1.807, 2.05) is 6.92 Å². The largest absolute Gasteiger partial charge is 0.384 e. The Bertz CT molecular complexity index is 415. The van der Waals surface area contributed by atoms with Crippen molar-refractivity contribution in [2.75, 3.05) is 32.1 Å². The normalized spacial score (nSPS) is 23.2. The molecule has 2 heterocycles. The highest BCUT2D eigenvalue weighted by Crippen LogP contribution is 2.28. The number of ether oxygens (including phenoxy) is 1. The molecule has 1 aliphatic rings. The minimum Gasteiger partial charge on any atom is -0.384 e. The van der Waals surface area contributed by atoms with Gasteiger partial charge in [-0.1, -0.05) is 18.3 Å². The summed E-state index contributed by atoms with van der Waals surface area (Å²) in [6, 6.07) is 0. The van der Waals surface area contributed by atoms with Crippen LogP contribution >= 0.6 is 11.3 Å². The first-order valence-electron chi connectivity index (χ1n) is 6.03. The molecule has 6 nitrogen and oxygen atoms in total. The molecule has 0 saturated carbocycles. The van der Waals surface area contributed by atoms with Crippen LogP contribution in [-0.2, 0) is 16.0 Å². The number of amides is 1. The van der Waals surface area contributed by atoms with Crippen molar-refractivity contribution in [3.8, 4) is 0 Å². The average molecular weight is 270 g/mol. The number of carbonyl (C=O) groups is 1. The Balaban J connectivity index is 2.05. The van der Waals surface area contributed by atoms with E-state index in [9.17, 15) is 4.79 Å². The second-order valence-corrected chi connectivity index (χ2v) is 5.51. The molecule has 1 aromatic heterocycles. The summed E-state index contributed by atoms with van der Waals surface area (Å²) in [5.41, 5.74) is -0.479. The number of anilines is 1. The van der Waals surface area contributed by atoms with Gasteiger partial charge in [0.2, 0.25) is 11.0 Å². The van der Waals surface area contributed by atoms with Crippen LogP contribution in [-0.4, -0.2) is 42.9 Å². The van der Waals surface area contributed by atoms with Crippen molar-refractivity contribution in [1.82, 2.24) is 15.5 Å². The number of nitrogens with zero attached hydrogens (tertiary/aromatic N) is 2. The second-order valence-electron chi connectivity index (χ2n) is 4.45. The summed E-state index contributed by atoms with van der Waals surface area (Å²) >= 11 is 1.42. The molecule has 0 radical (unpaired) electrons. The topological polar surface area (TPSA) is 76.1 Å². The lowest BCUT2D eigenvalue weighted by atomic mass is 9.87. The molecule has 7 heteroatoms. The van der Waals surface area contributed by atoms with Crippen LogP contribution < -0.4 is 10.6 Å². The Morgan fingerprint density at radius 2 is 2.44 bits per heavy atom. The Hall–Kier alpha value is -1.05. The van der Waals surface area contributed by atoms with Crippen LogP contribution in [0.3, 0.4) is 0 Å². The molecule has 0 bridgehead atoms. The highest BCUT2D eigenvalue weighted by Gasteiger charge is 2.41. The predicted octanol–water partition coefficient (Wildman–Crippen LogP) is 0.665. The van der Waals surface area contributed by atoms with Gasteiger partial charge in [0.15, 0.2) is 0 Å². The van der Waals surface area contributed by atoms with Gasteiger partial charge in [-0.25, -0.2) is 0 Å². The zero-order valence-electron chi connectivity index (χ0n) is 10.7. The van der Waals surface area contributed by atoms with Crippen molar-refractivity contribution in [3.63, 3.8) is 0 Å². The average Bonchev–Trinajstić information content (AvgIpc) is 2.99. The van der Waals surface area contributed by atoms with E-state index in [4.69, 9.17) is 4.74 Å². The molecule has 0 spiro atoms. The van der Waals surface area contributed by atoms with Crippen molar-refractivity contribution >= 4 is 22.4 Å². The molecular formula is C11H18N4O2S. The van der Waals surface area contributed by atoms with Gasteiger partial charge < -0.3 is 10.1 Å². The summed E-state index contributed by atoms with van der Waals surface area (Å²) in [5, 5.41) is 15.5. The van der Waals surface area contributed by atoms with Crippen LogP contribution in [0.2, 0.25) is 0 Å². The van der Waals surface area contributed by atoms with Crippen LogP contribution in [0.5, 0.6) is 0 Å². The highest BCUT2D eigenvalue weighted by molar-refractivity contribution is 7.15. The predicted molar refractivity (Wildman–Crippen MR) is 69.7 cm³/mol. The van der Waals surface area contributed by atoms with Gasteiger partial charge in [-0.05, 0) is 19.4 Å². The molecule has 100 valence electrons. The molecule has 18 heavy (non-hydrogen) atoms. The summed E-state index contributed by atoms with van der Waals surface area (Å²) in [6.07, 6.45) is 1.62. The number of methoxy groups -OCH3 is 1. The van der Waals surface area contributed by atoms with E-state index in [0.717, 1.165) is 24.4 Å². The van der Waals surface area contributed by atoms with Gasteiger partial charge in [-0.2, -0.15) is 0 Å². The van der Waals surface area contributed by atoms with Gasteiger partial charge in [0, 0.05) is 13.7 Å². The fourth-order valence-corrected chi connectivity index (χ4v) is 2.75. The maximum absolute atomic E-state index is 12.3. The summed E-state index contributed by atoms with van der Waals surface area (Å²) in [5.74, 6) is -0.0341. The quantitative estimate of drug-likeness (QED) is 0.822. The molecule has 2 N–H and O–H groups in total. The van der Waals surface area contributed by atoms with Gasteiger partial charge >= 0.3 is 0 Å². The third-order valence-corrected chi connectivity index (χ3v) is 4.12. The maximum Gasteiger partial charge on any atom is 0.236 e. The summed E-state index contributed by atoms with van der Waals surface area (Å²) < 4.78 is 5.18. The van der Waals surface area contributed by atoms with Crippen molar-refractivity contribution in [1.29, 1.82) is 0 Å². The first-order valence-corrected chi connectivity index (χ1v) is 6.85. The molecule has 1 unspecified atom stereocenters. The van der Waals surface area contributed by atoms with Crippen molar-refractivity contribution in [3.05, 3.63) is 5.01 Å². The molecule has 0 aliphatic carbocycles. The van der Waals surface area contributed by atoms with Crippen LogP contribution in [0.1, 0.15) is 18.4 Å². The minimum atomic E-state index is -0.479. The molecule has 1 amide bonds. The van der Waals surface area contributed by atoms with E-state index in [1.54, 1.807) is 7.11 Å². The Labute approximate surface area is 110 Å². The number of aromatic nitrogens is 2. The van der Waals surface area contributed by atoms with Crippen LogP contribution in [0.4, 0.5) is 5.13 Å². The van der Waals surface area contributed by atoms with Crippen molar-refractivity contribution in [2.24, 2.45) is 5.41 Å². The van der Waals surface area contributed by atoms with Crippen LogP contribution in [0.15, 0.2) is 0 Å². The number of hydrogen-bond acceptors (Lipinski definition) is 6. The molecule has 1 fully saturated rings. The SMILES string of the molecule is CCc1nnc(NC(=O)C2(COC)CCNC2)s1. The number of aryl methyl sites for hydroxylation is 1. The summed E-state index contributed by atoms with van der Waals surface area (Å²) in [4.78, 5) is 12.3. The fourth-order valence-electron chi connectivity index (χ4n) is 2.08. The molecule has 1 atom stereocenters. The first kappa shape index (κ1) is 13.4. The highest BCUT2D eigenvalue weighted by atomic mass is 32.1.